The van der Waals surface area contributed by atoms with Crippen LogP contribution in [0.4, 0.5) is 14.9 Å². The van der Waals surface area contributed by atoms with Crippen molar-refractivity contribution in [3.8, 4) is 0 Å². The van der Waals surface area contributed by atoms with Gasteiger partial charge in [-0.2, -0.15) is 0 Å². The van der Waals surface area contributed by atoms with Gasteiger partial charge in [0.05, 0.1) is 29.5 Å². The van der Waals surface area contributed by atoms with E-state index in [9.17, 15) is 27.2 Å². The molecule has 13 heteroatoms. The molecule has 10 nitrogen and oxygen atoms in total. The summed E-state index contributed by atoms with van der Waals surface area (Å²) >= 11 is 6.16. The minimum Gasteiger partial charge on any atom is -0.463 e. The molecule has 0 saturated carbocycles. The lowest BCUT2D eigenvalue weighted by Crippen LogP contribution is -2.44. The Hall–Kier alpha value is -3.64. The van der Waals surface area contributed by atoms with Gasteiger partial charge >= 0.3 is 18.1 Å². The van der Waals surface area contributed by atoms with Gasteiger partial charge in [-0.1, -0.05) is 48.0 Å². The molecule has 0 amide bonds. The quantitative estimate of drug-likeness (QED) is 0.128. The maximum absolute atomic E-state index is 13.8. The van der Waals surface area contributed by atoms with E-state index in [1.807, 2.05) is 30.3 Å². The molecule has 1 aliphatic rings. The molecule has 1 atom stereocenters. The number of hydrogen-bond acceptors (Lipinski definition) is 9. The summed E-state index contributed by atoms with van der Waals surface area (Å²) in [5.41, 5.74) is 0.637. The van der Waals surface area contributed by atoms with Gasteiger partial charge in [0.15, 0.2) is 6.73 Å². The smallest absolute Gasteiger partial charge is 0.463 e. The molecular formula is C28H31ClFNO9S. The molecule has 0 radical (unpaired) electrons. The maximum Gasteiger partial charge on any atom is 0.510 e. The van der Waals surface area contributed by atoms with E-state index in [2.05, 4.69) is 0 Å². The predicted octanol–water partition coefficient (Wildman–Crippen LogP) is 5.29. The van der Waals surface area contributed by atoms with Crippen LogP contribution in [0.5, 0.6) is 0 Å². The molecule has 0 aromatic heterocycles. The van der Waals surface area contributed by atoms with Crippen molar-refractivity contribution in [3.63, 3.8) is 0 Å². The van der Waals surface area contributed by atoms with Crippen LogP contribution in [-0.4, -0.2) is 51.7 Å². The number of nitrogens with zero attached hydrogens (tertiary/aromatic N) is 1. The van der Waals surface area contributed by atoms with Crippen LogP contribution in [0.15, 0.2) is 60.2 Å². The molecule has 0 fully saturated rings. The molecule has 0 spiro atoms. The van der Waals surface area contributed by atoms with E-state index >= 15 is 0 Å². The van der Waals surface area contributed by atoms with Crippen molar-refractivity contribution < 1.29 is 46.1 Å². The number of sulfonamides is 1. The molecule has 41 heavy (non-hydrogen) atoms. The van der Waals surface area contributed by atoms with Crippen LogP contribution in [-0.2, 0) is 45.2 Å². The SMILES string of the molecule is CCOC(=O)C1=CCCCC1S(=O)(=O)N(COC(=O)OCCCC(=O)OCc1ccccc1)c1ccc(F)cc1Cl. The van der Waals surface area contributed by atoms with Crippen molar-refractivity contribution in [1.82, 2.24) is 0 Å². The second-order valence-corrected chi connectivity index (χ2v) is 11.4. The van der Waals surface area contributed by atoms with Gasteiger partial charge in [-0.25, -0.2) is 26.7 Å². The average Bonchev–Trinajstić information content (AvgIpc) is 2.96. The van der Waals surface area contributed by atoms with Gasteiger partial charge in [-0.15, -0.1) is 0 Å². The number of carbonyl (C=O) groups excluding carboxylic acids is 3. The van der Waals surface area contributed by atoms with E-state index in [4.69, 9.17) is 30.5 Å². The summed E-state index contributed by atoms with van der Waals surface area (Å²) in [4.78, 5) is 36.7. The van der Waals surface area contributed by atoms with Crippen LogP contribution in [0.2, 0.25) is 5.02 Å². The zero-order valence-corrected chi connectivity index (χ0v) is 24.0. The zero-order chi connectivity index (χ0) is 29.8. The standard InChI is InChI=1S/C28H31ClFNO9S/c1-2-37-27(33)22-11-6-7-12-25(22)41(35,36)31(24-15-14-21(30)17-23(24)29)19-40-28(34)38-16-8-13-26(32)39-18-20-9-4-3-5-10-20/h3-5,9-11,14-15,17,25H,2,6-8,12-13,16,18-19H2,1H3. The summed E-state index contributed by atoms with van der Waals surface area (Å²) in [5, 5.41) is -1.56. The van der Waals surface area contributed by atoms with E-state index in [1.54, 1.807) is 6.92 Å². The fourth-order valence-electron chi connectivity index (χ4n) is 4.04. The largest absolute Gasteiger partial charge is 0.510 e. The summed E-state index contributed by atoms with van der Waals surface area (Å²) in [7, 11) is -4.42. The molecule has 2 aromatic rings. The molecule has 222 valence electrons. The Balaban J connectivity index is 1.63. The summed E-state index contributed by atoms with van der Waals surface area (Å²) in [5.74, 6) is -1.95. The van der Waals surface area contributed by atoms with Crippen molar-refractivity contribution >= 4 is 45.4 Å². The van der Waals surface area contributed by atoms with E-state index in [0.717, 1.165) is 23.8 Å². The molecule has 3 rings (SSSR count). The van der Waals surface area contributed by atoms with Crippen LogP contribution < -0.4 is 4.31 Å². The Kier molecular flexibility index (Phi) is 12.0. The van der Waals surface area contributed by atoms with Crippen molar-refractivity contribution in [3.05, 3.63) is 76.6 Å². The van der Waals surface area contributed by atoms with Gasteiger partial charge in [0.2, 0.25) is 10.0 Å². The highest BCUT2D eigenvalue weighted by molar-refractivity contribution is 7.93. The highest BCUT2D eigenvalue weighted by atomic mass is 35.5. The molecule has 0 aliphatic heterocycles. The first-order valence-corrected chi connectivity index (χ1v) is 14.8. The molecule has 1 aliphatic carbocycles. The highest BCUT2D eigenvalue weighted by Gasteiger charge is 2.40. The van der Waals surface area contributed by atoms with Crippen molar-refractivity contribution in [1.29, 1.82) is 0 Å². The summed E-state index contributed by atoms with van der Waals surface area (Å²) in [6.07, 6.45) is 1.50. The third-order valence-electron chi connectivity index (χ3n) is 6.03. The topological polar surface area (TPSA) is 126 Å². The Labute approximate surface area is 243 Å². The summed E-state index contributed by atoms with van der Waals surface area (Å²) < 4.78 is 62.2. The number of halogens is 2. The van der Waals surface area contributed by atoms with E-state index in [0.29, 0.717) is 17.1 Å². The van der Waals surface area contributed by atoms with Crippen molar-refractivity contribution in [2.24, 2.45) is 0 Å². The number of anilines is 1. The zero-order valence-electron chi connectivity index (χ0n) is 22.4. The number of esters is 2. The molecule has 0 bridgehead atoms. The number of ether oxygens (including phenoxy) is 4. The first kappa shape index (κ1) is 31.9. The summed E-state index contributed by atoms with van der Waals surface area (Å²) in [6, 6.07) is 12.2. The lowest BCUT2D eigenvalue weighted by molar-refractivity contribution is -0.145. The van der Waals surface area contributed by atoms with Gasteiger partial charge in [0, 0.05) is 6.42 Å². The van der Waals surface area contributed by atoms with Crippen molar-refractivity contribution in [2.45, 2.75) is 50.9 Å². The van der Waals surface area contributed by atoms with Gasteiger partial charge in [-0.05, 0) is 56.4 Å². The molecule has 0 saturated heterocycles. The molecule has 1 unspecified atom stereocenters. The first-order chi connectivity index (χ1) is 19.6. The highest BCUT2D eigenvalue weighted by Crippen LogP contribution is 2.34. The Morgan fingerprint density at radius 2 is 1.80 bits per heavy atom. The van der Waals surface area contributed by atoms with E-state index < -0.39 is 45.9 Å². The van der Waals surface area contributed by atoms with Gasteiger partial charge in [0.25, 0.3) is 0 Å². The monoisotopic (exact) mass is 611 g/mol. The van der Waals surface area contributed by atoms with Gasteiger partial charge in [0.1, 0.15) is 17.7 Å². The first-order valence-electron chi connectivity index (χ1n) is 13.0. The summed E-state index contributed by atoms with van der Waals surface area (Å²) in [6.45, 7) is 0.714. The Morgan fingerprint density at radius 1 is 1.05 bits per heavy atom. The number of rotatable bonds is 13. The van der Waals surface area contributed by atoms with Crippen molar-refractivity contribution in [2.75, 3.05) is 24.2 Å². The average molecular weight is 612 g/mol. The van der Waals surface area contributed by atoms with Crippen LogP contribution in [0.1, 0.15) is 44.6 Å². The molecule has 0 heterocycles. The third-order valence-corrected chi connectivity index (χ3v) is 8.45. The number of benzene rings is 2. The second-order valence-electron chi connectivity index (χ2n) is 8.91. The van der Waals surface area contributed by atoms with Gasteiger partial charge in [-0.3, -0.25) is 4.79 Å². The van der Waals surface area contributed by atoms with E-state index in [1.165, 1.54) is 6.08 Å². The molecular weight excluding hydrogens is 581 g/mol. The van der Waals surface area contributed by atoms with Gasteiger partial charge < -0.3 is 18.9 Å². The normalized spacial score (nSPS) is 14.9. The van der Waals surface area contributed by atoms with Crippen LogP contribution in [0.3, 0.4) is 0 Å². The van der Waals surface area contributed by atoms with Crippen LogP contribution in [0.25, 0.3) is 0 Å². The molecule has 0 N–H and O–H groups in total. The Bertz CT molecular complexity index is 1350. The number of allylic oxidation sites excluding steroid dienone is 1. The minimum atomic E-state index is -4.42. The fraction of sp³-hybridized carbons (Fsp3) is 0.393. The second kappa shape index (κ2) is 15.4. The predicted molar refractivity (Wildman–Crippen MR) is 148 cm³/mol. The van der Waals surface area contributed by atoms with Crippen LogP contribution in [0, 0.1) is 5.82 Å². The fourth-order valence-corrected chi connectivity index (χ4v) is 6.28. The number of hydrogen-bond donors (Lipinski definition) is 0. The lowest BCUT2D eigenvalue weighted by Gasteiger charge is -2.31. The lowest BCUT2D eigenvalue weighted by atomic mass is 9.99. The maximum atomic E-state index is 13.8. The van der Waals surface area contributed by atoms with E-state index in [-0.39, 0.29) is 55.4 Å². The minimum absolute atomic E-state index is 0.0174. The Morgan fingerprint density at radius 3 is 2.51 bits per heavy atom. The third kappa shape index (κ3) is 9.19. The molecule has 2 aromatic carbocycles. The van der Waals surface area contributed by atoms with Crippen LogP contribution >= 0.6 is 11.6 Å². The number of carbonyl (C=O) groups is 3.